The number of nitriles is 1. The number of non-ortho nitro benzene ring substituents is 1. The van der Waals surface area contributed by atoms with Crippen LogP contribution < -0.4 is 14.8 Å². The van der Waals surface area contributed by atoms with Crippen molar-refractivity contribution in [2.24, 2.45) is 0 Å². The number of halogens is 3. The van der Waals surface area contributed by atoms with Crippen molar-refractivity contribution in [2.45, 2.75) is 13.1 Å². The quantitative estimate of drug-likeness (QED) is 0.548. The number of anilines is 1. The number of nitro groups is 1. The van der Waals surface area contributed by atoms with Gasteiger partial charge in [0.05, 0.1) is 34.4 Å². The van der Waals surface area contributed by atoms with Crippen molar-refractivity contribution >= 4 is 17.3 Å². The van der Waals surface area contributed by atoms with Gasteiger partial charge in [0.15, 0.2) is 18.1 Å². The third-order valence-corrected chi connectivity index (χ3v) is 3.52. The van der Waals surface area contributed by atoms with Crippen LogP contribution in [0.1, 0.15) is 18.1 Å². The minimum Gasteiger partial charge on any atom is -0.490 e. The lowest BCUT2D eigenvalue weighted by atomic mass is 10.1. The van der Waals surface area contributed by atoms with Gasteiger partial charge < -0.3 is 14.8 Å². The van der Waals surface area contributed by atoms with E-state index in [4.69, 9.17) is 14.7 Å². The highest BCUT2D eigenvalue weighted by Crippen LogP contribution is 2.37. The molecule has 0 fully saturated rings. The molecule has 0 saturated heterocycles. The second-order valence-corrected chi connectivity index (χ2v) is 5.53. The van der Waals surface area contributed by atoms with E-state index in [0.717, 1.165) is 12.1 Å². The van der Waals surface area contributed by atoms with E-state index in [1.165, 1.54) is 18.2 Å². The zero-order chi connectivity index (χ0) is 21.6. The number of ether oxygens (including phenoxy) is 2. The fraction of sp³-hybridized carbons (Fsp3) is 0.222. The summed E-state index contributed by atoms with van der Waals surface area (Å²) in [7, 11) is 0. The summed E-state index contributed by atoms with van der Waals surface area (Å²) in [5.41, 5.74) is -2.45. The van der Waals surface area contributed by atoms with E-state index < -0.39 is 40.6 Å². The molecule has 29 heavy (non-hydrogen) atoms. The van der Waals surface area contributed by atoms with Crippen LogP contribution in [-0.2, 0) is 11.0 Å². The van der Waals surface area contributed by atoms with Gasteiger partial charge >= 0.3 is 6.18 Å². The van der Waals surface area contributed by atoms with E-state index in [9.17, 15) is 28.1 Å². The predicted octanol–water partition coefficient (Wildman–Crippen LogP) is 3.90. The van der Waals surface area contributed by atoms with Gasteiger partial charge in [0.25, 0.3) is 11.6 Å². The highest BCUT2D eigenvalue weighted by Gasteiger charge is 2.35. The van der Waals surface area contributed by atoms with Crippen molar-refractivity contribution < 1.29 is 32.4 Å². The molecule has 0 heterocycles. The first-order valence-electron chi connectivity index (χ1n) is 8.11. The van der Waals surface area contributed by atoms with Gasteiger partial charge in [-0.2, -0.15) is 18.4 Å². The summed E-state index contributed by atoms with van der Waals surface area (Å²) in [5, 5.41) is 21.6. The van der Waals surface area contributed by atoms with Crippen LogP contribution in [-0.4, -0.2) is 24.0 Å². The molecule has 0 atom stereocenters. The SMILES string of the molecule is CCOc1cc(C#N)ccc1OCC(=O)Nc1ccc([N+](=O)[O-])cc1C(F)(F)F. The minimum atomic E-state index is -4.91. The Labute approximate surface area is 162 Å². The molecule has 0 bridgehead atoms. The van der Waals surface area contributed by atoms with E-state index in [1.54, 1.807) is 6.92 Å². The van der Waals surface area contributed by atoms with Crippen molar-refractivity contribution in [3.63, 3.8) is 0 Å². The minimum absolute atomic E-state index is 0.126. The normalized spacial score (nSPS) is 10.7. The maximum atomic E-state index is 13.2. The van der Waals surface area contributed by atoms with Gasteiger partial charge in [-0.15, -0.1) is 0 Å². The Morgan fingerprint density at radius 1 is 1.21 bits per heavy atom. The second kappa shape index (κ2) is 8.92. The summed E-state index contributed by atoms with van der Waals surface area (Å²) in [6.07, 6.45) is -4.91. The van der Waals surface area contributed by atoms with Crippen molar-refractivity contribution in [1.29, 1.82) is 5.26 Å². The monoisotopic (exact) mass is 409 g/mol. The summed E-state index contributed by atoms with van der Waals surface area (Å²) in [6.45, 7) is 1.30. The second-order valence-electron chi connectivity index (χ2n) is 5.53. The molecule has 0 aliphatic carbocycles. The topological polar surface area (TPSA) is 114 Å². The number of amides is 1. The van der Waals surface area contributed by atoms with Crippen LogP contribution in [0.15, 0.2) is 36.4 Å². The highest BCUT2D eigenvalue weighted by atomic mass is 19.4. The van der Waals surface area contributed by atoms with Crippen molar-refractivity contribution in [3.05, 3.63) is 57.6 Å². The molecule has 0 radical (unpaired) electrons. The fourth-order valence-electron chi connectivity index (χ4n) is 2.28. The largest absolute Gasteiger partial charge is 0.490 e. The van der Waals surface area contributed by atoms with Crippen molar-refractivity contribution in [1.82, 2.24) is 0 Å². The summed E-state index contributed by atoms with van der Waals surface area (Å²) in [5.74, 6) is -0.595. The molecule has 1 N–H and O–H groups in total. The molecule has 0 aliphatic heterocycles. The first kappa shape index (κ1) is 21.5. The molecule has 8 nitrogen and oxygen atoms in total. The Morgan fingerprint density at radius 2 is 1.93 bits per heavy atom. The highest BCUT2D eigenvalue weighted by molar-refractivity contribution is 5.93. The van der Waals surface area contributed by atoms with Crippen molar-refractivity contribution in [2.75, 3.05) is 18.5 Å². The van der Waals surface area contributed by atoms with Gasteiger partial charge in [-0.1, -0.05) is 0 Å². The molecule has 152 valence electrons. The lowest BCUT2D eigenvalue weighted by molar-refractivity contribution is -0.385. The standard InChI is InChI=1S/C18H14F3N3O5/c1-2-28-16-7-11(9-22)3-6-15(16)29-10-17(25)23-14-5-4-12(24(26)27)8-13(14)18(19,20)21/h3-8H,2,10H2,1H3,(H,23,25). The van der Waals surface area contributed by atoms with E-state index in [1.807, 2.05) is 11.4 Å². The number of carbonyl (C=O) groups excluding carboxylic acids is 1. The number of hydrogen-bond donors (Lipinski definition) is 1. The molecule has 0 aliphatic rings. The predicted molar refractivity (Wildman–Crippen MR) is 94.5 cm³/mol. The van der Waals surface area contributed by atoms with Crippen molar-refractivity contribution in [3.8, 4) is 17.6 Å². The molecule has 2 aromatic rings. The number of benzene rings is 2. The third-order valence-electron chi connectivity index (χ3n) is 3.52. The number of rotatable bonds is 7. The molecular weight excluding hydrogens is 395 g/mol. The molecule has 2 rings (SSSR count). The lowest BCUT2D eigenvalue weighted by Gasteiger charge is -2.15. The zero-order valence-electron chi connectivity index (χ0n) is 14.9. The molecule has 0 unspecified atom stereocenters. The number of hydrogen-bond acceptors (Lipinski definition) is 6. The Morgan fingerprint density at radius 3 is 2.52 bits per heavy atom. The summed E-state index contributed by atoms with van der Waals surface area (Å²) < 4.78 is 50.0. The van der Waals surface area contributed by atoms with Crippen LogP contribution in [0.3, 0.4) is 0 Å². The van der Waals surface area contributed by atoms with E-state index in [0.29, 0.717) is 11.6 Å². The Hall–Kier alpha value is -3.81. The van der Waals surface area contributed by atoms with Gasteiger partial charge in [-0.25, -0.2) is 0 Å². The molecule has 1 amide bonds. The van der Waals surface area contributed by atoms with Crippen LogP contribution in [0.5, 0.6) is 11.5 Å². The number of nitro benzene ring substituents is 1. The molecule has 0 saturated carbocycles. The number of nitrogens with zero attached hydrogens (tertiary/aromatic N) is 2. The smallest absolute Gasteiger partial charge is 0.418 e. The molecule has 11 heteroatoms. The number of alkyl halides is 3. The fourth-order valence-corrected chi connectivity index (χ4v) is 2.28. The van der Waals surface area contributed by atoms with Crippen LogP contribution >= 0.6 is 0 Å². The van der Waals surface area contributed by atoms with E-state index in [2.05, 4.69) is 0 Å². The van der Waals surface area contributed by atoms with Crippen LogP contribution in [0.25, 0.3) is 0 Å². The number of carbonyl (C=O) groups is 1. The summed E-state index contributed by atoms with van der Waals surface area (Å²) in [6, 6.07) is 8.11. The third kappa shape index (κ3) is 5.58. The first-order chi connectivity index (χ1) is 13.7. The van der Waals surface area contributed by atoms with E-state index in [-0.39, 0.29) is 18.1 Å². The molecule has 0 aromatic heterocycles. The molecule has 2 aromatic carbocycles. The van der Waals surface area contributed by atoms with Crippen LogP contribution in [0.4, 0.5) is 24.5 Å². The first-order valence-corrected chi connectivity index (χ1v) is 8.11. The van der Waals surface area contributed by atoms with Gasteiger partial charge in [0.1, 0.15) is 0 Å². The average Bonchev–Trinajstić information content (AvgIpc) is 2.66. The lowest BCUT2D eigenvalue weighted by Crippen LogP contribution is -2.22. The maximum Gasteiger partial charge on any atom is 0.418 e. The maximum absolute atomic E-state index is 13.2. The average molecular weight is 409 g/mol. The van der Waals surface area contributed by atoms with Gasteiger partial charge in [-0.05, 0) is 25.1 Å². The molecule has 0 spiro atoms. The van der Waals surface area contributed by atoms with Gasteiger partial charge in [-0.3, -0.25) is 14.9 Å². The zero-order valence-corrected chi connectivity index (χ0v) is 14.9. The van der Waals surface area contributed by atoms with E-state index >= 15 is 0 Å². The van der Waals surface area contributed by atoms with Crippen LogP contribution in [0, 0.1) is 21.4 Å². The Kier molecular flexibility index (Phi) is 6.61. The van der Waals surface area contributed by atoms with Gasteiger partial charge in [0.2, 0.25) is 0 Å². The Bertz CT molecular complexity index is 970. The van der Waals surface area contributed by atoms with Crippen LogP contribution in [0.2, 0.25) is 0 Å². The summed E-state index contributed by atoms with van der Waals surface area (Å²) >= 11 is 0. The Balaban J connectivity index is 2.16. The summed E-state index contributed by atoms with van der Waals surface area (Å²) in [4.78, 5) is 21.8. The number of nitrogens with one attached hydrogen (secondary N) is 1. The molecular formula is C18H14F3N3O5. The van der Waals surface area contributed by atoms with Gasteiger partial charge in [0, 0.05) is 18.2 Å².